The molecule has 3 aliphatic heterocycles. The number of aromatic amines is 1. The number of H-pyrrole nitrogens is 1. The van der Waals surface area contributed by atoms with Gasteiger partial charge < -0.3 is 40.0 Å². The minimum atomic E-state index is -0.957. The lowest BCUT2D eigenvalue weighted by Crippen LogP contribution is -2.59. The summed E-state index contributed by atoms with van der Waals surface area (Å²) < 4.78 is 11.1. The normalized spacial score (nSPS) is 17.3. The van der Waals surface area contributed by atoms with Crippen LogP contribution in [0, 0.1) is 5.92 Å². The molecule has 3 fully saturated rings. The third-order valence-electron chi connectivity index (χ3n) is 10.9. The number of aliphatic hydroxyl groups excluding tert-OH is 1. The van der Waals surface area contributed by atoms with Gasteiger partial charge in [0.25, 0.3) is 0 Å². The number of halogens is 3. The van der Waals surface area contributed by atoms with E-state index in [2.05, 4.69) is 20.5 Å². The SMILES string of the molecule is COc1cc(NC(=O)OCCCc2ccc(-c3ccccc3)c(N(C(=O)O)[C@H]3CN4CCC3CC4)c2)c(Cl)cc1CNCC(O)c1ccc(O)c2[nH]c(=O)ccc12.F.F. The maximum Gasteiger partial charge on any atom is 0.412 e. The van der Waals surface area contributed by atoms with Crippen molar-refractivity contribution >= 4 is 46.1 Å². The molecule has 0 aliphatic carbocycles. The van der Waals surface area contributed by atoms with Gasteiger partial charge in [-0.3, -0.25) is 24.4 Å². The summed E-state index contributed by atoms with van der Waals surface area (Å²) in [6, 6.07) is 24.8. The number of anilines is 2. The summed E-state index contributed by atoms with van der Waals surface area (Å²) in [5.41, 5.74) is 4.83. The van der Waals surface area contributed by atoms with Crippen molar-refractivity contribution in [2.24, 2.45) is 5.92 Å². The van der Waals surface area contributed by atoms with Gasteiger partial charge in [0, 0.05) is 48.3 Å². The van der Waals surface area contributed by atoms with Crippen molar-refractivity contribution in [2.45, 2.75) is 44.4 Å². The lowest BCUT2D eigenvalue weighted by atomic mass is 9.82. The molecule has 3 saturated heterocycles. The molecule has 1 aromatic heterocycles. The number of aliphatic hydroxyl groups is 1. The number of fused-ring (bicyclic) bond motifs is 4. The quantitative estimate of drug-likeness (QED) is 0.0617. The zero-order chi connectivity index (χ0) is 40.1. The van der Waals surface area contributed by atoms with Crippen LogP contribution >= 0.6 is 11.6 Å². The number of pyridine rings is 1. The number of phenolic OH excluding ortho intramolecular Hbond substituents is 1. The first-order valence-corrected chi connectivity index (χ1v) is 19.4. The van der Waals surface area contributed by atoms with Crippen LogP contribution in [0.5, 0.6) is 11.5 Å². The van der Waals surface area contributed by atoms with Gasteiger partial charge in [-0.2, -0.15) is 0 Å². The van der Waals surface area contributed by atoms with E-state index in [1.54, 1.807) is 29.2 Å². The van der Waals surface area contributed by atoms with E-state index in [1.165, 1.54) is 19.2 Å². The largest absolute Gasteiger partial charge is 0.506 e. The van der Waals surface area contributed by atoms with E-state index in [0.717, 1.165) is 49.2 Å². The molecule has 0 saturated carbocycles. The molecule has 2 amide bonds. The van der Waals surface area contributed by atoms with Gasteiger partial charge in [0.1, 0.15) is 11.5 Å². The molecule has 2 atom stereocenters. The van der Waals surface area contributed by atoms with Gasteiger partial charge in [-0.25, -0.2) is 9.59 Å². The van der Waals surface area contributed by atoms with E-state index in [4.69, 9.17) is 21.1 Å². The van der Waals surface area contributed by atoms with Crippen LogP contribution in [0.4, 0.5) is 30.4 Å². The number of rotatable bonds is 14. The summed E-state index contributed by atoms with van der Waals surface area (Å²) in [6.07, 6.45) is 0.460. The zero-order valence-corrected chi connectivity index (χ0v) is 33.1. The van der Waals surface area contributed by atoms with Crippen LogP contribution in [-0.4, -0.2) is 83.3 Å². The number of carboxylic acid groups (broad SMARTS) is 1. The van der Waals surface area contributed by atoms with E-state index >= 15 is 0 Å². The Morgan fingerprint density at radius 2 is 1.78 bits per heavy atom. The smallest absolute Gasteiger partial charge is 0.412 e. The Balaban J connectivity index is 0.00000331. The first-order chi connectivity index (χ1) is 27.6. The van der Waals surface area contributed by atoms with Crippen LogP contribution in [0.3, 0.4) is 0 Å². The van der Waals surface area contributed by atoms with Gasteiger partial charge in [0.15, 0.2) is 0 Å². The molecule has 1 unspecified atom stereocenters. The number of hydrogen-bond acceptors (Lipinski definition) is 9. The number of methoxy groups -OCH3 is 1. The Morgan fingerprint density at radius 1 is 1.02 bits per heavy atom. The van der Waals surface area contributed by atoms with Gasteiger partial charge in [0.05, 0.1) is 47.8 Å². The van der Waals surface area contributed by atoms with Crippen LogP contribution < -0.4 is 25.8 Å². The third-order valence-corrected chi connectivity index (χ3v) is 11.2. The standard InChI is InChI=1S/C43H46ClN5O8.2FH/c1-56-39-22-34(33(44)21-29(39)23-45-24-38(51)31-11-13-37(50)41-32(31)12-14-40(52)47-41)46-42(53)57-19-5-6-26-9-10-30(27-7-3-2-4-8-27)35(20-26)49(43(54)55)36-25-48-17-15-28(36)16-18-48;;/h2-4,7-14,20-22,28,36,38,45,50-51H,5-6,15-19,23-25H2,1H3,(H,46,53)(H,47,52)(H,54,55);2*1H/t36-,38?;;/m0../s1. The molecule has 6 N–H and O–H groups in total. The topological polar surface area (TPSA) is 177 Å². The molecular formula is C43H48ClF2N5O8. The number of nitrogens with one attached hydrogen (secondary N) is 3. The van der Waals surface area contributed by atoms with Gasteiger partial charge in [-0.1, -0.05) is 60.1 Å². The fraction of sp³-hybridized carbons (Fsp3) is 0.326. The maximum atomic E-state index is 12.9. The number of benzene rings is 4. The van der Waals surface area contributed by atoms with Crippen molar-refractivity contribution in [2.75, 3.05) is 50.1 Å². The molecular weight excluding hydrogens is 788 g/mol. The van der Waals surface area contributed by atoms with Crippen LogP contribution in [-0.2, 0) is 17.7 Å². The number of aromatic hydroxyl groups is 1. The van der Waals surface area contributed by atoms with Gasteiger partial charge in [-0.15, -0.1) is 0 Å². The number of amides is 2. The highest BCUT2D eigenvalue weighted by atomic mass is 35.5. The molecule has 8 rings (SSSR count). The number of aryl methyl sites for hydroxylation is 1. The number of phenols is 1. The molecule has 3 aliphatic rings. The molecule has 4 heterocycles. The predicted octanol–water partition coefficient (Wildman–Crippen LogP) is 7.45. The monoisotopic (exact) mass is 835 g/mol. The fourth-order valence-electron chi connectivity index (χ4n) is 8.05. The number of nitrogens with zero attached hydrogens (tertiary/aromatic N) is 2. The van der Waals surface area contributed by atoms with Crippen LogP contribution in [0.25, 0.3) is 22.0 Å². The summed E-state index contributed by atoms with van der Waals surface area (Å²) in [6.45, 7) is 3.28. The van der Waals surface area contributed by atoms with Gasteiger partial charge in [-0.05, 0) is 85.6 Å². The minimum absolute atomic E-state index is 0. The van der Waals surface area contributed by atoms with Crippen LogP contribution in [0.15, 0.2) is 89.7 Å². The van der Waals surface area contributed by atoms with E-state index < -0.39 is 18.3 Å². The predicted molar refractivity (Wildman–Crippen MR) is 225 cm³/mol. The lowest BCUT2D eigenvalue weighted by molar-refractivity contribution is 0.0837. The van der Waals surface area contributed by atoms with E-state index in [9.17, 15) is 29.7 Å². The summed E-state index contributed by atoms with van der Waals surface area (Å²) in [4.78, 5) is 44.0. The summed E-state index contributed by atoms with van der Waals surface area (Å²) in [7, 11) is 1.50. The average molecular weight is 836 g/mol. The number of piperidine rings is 3. The molecule has 5 aromatic rings. The molecule has 16 heteroatoms. The zero-order valence-electron chi connectivity index (χ0n) is 32.4. The summed E-state index contributed by atoms with van der Waals surface area (Å²) >= 11 is 6.57. The average Bonchev–Trinajstić information content (AvgIpc) is 3.21. The minimum Gasteiger partial charge on any atom is -0.506 e. The number of hydrogen-bond donors (Lipinski definition) is 6. The maximum absolute atomic E-state index is 12.9. The molecule has 314 valence electrons. The Hall–Kier alpha value is -5.74. The van der Waals surface area contributed by atoms with Crippen molar-refractivity contribution in [3.8, 4) is 22.6 Å². The van der Waals surface area contributed by atoms with Gasteiger partial charge >= 0.3 is 12.2 Å². The lowest BCUT2D eigenvalue weighted by Gasteiger charge is -2.48. The molecule has 4 aromatic carbocycles. The van der Waals surface area contributed by atoms with E-state index in [1.807, 2.05) is 48.5 Å². The van der Waals surface area contributed by atoms with Crippen molar-refractivity contribution < 1.29 is 43.8 Å². The number of aromatic nitrogens is 1. The number of ether oxygens (including phenoxy) is 2. The highest BCUT2D eigenvalue weighted by Gasteiger charge is 2.41. The van der Waals surface area contributed by atoms with Crippen molar-refractivity contribution in [1.29, 1.82) is 0 Å². The molecule has 0 radical (unpaired) electrons. The van der Waals surface area contributed by atoms with Gasteiger partial charge in [0.2, 0.25) is 5.56 Å². The second-order valence-corrected chi connectivity index (χ2v) is 14.9. The highest BCUT2D eigenvalue weighted by Crippen LogP contribution is 2.39. The Morgan fingerprint density at radius 3 is 2.47 bits per heavy atom. The molecule has 13 nitrogen and oxygen atoms in total. The van der Waals surface area contributed by atoms with E-state index in [-0.39, 0.29) is 57.0 Å². The second kappa shape index (κ2) is 19.8. The van der Waals surface area contributed by atoms with Crippen molar-refractivity contribution in [3.05, 3.63) is 117 Å². The first kappa shape index (κ1) is 44.4. The van der Waals surface area contributed by atoms with Crippen LogP contribution in [0.1, 0.15) is 42.1 Å². The third kappa shape index (κ3) is 10.1. The van der Waals surface area contributed by atoms with E-state index in [0.29, 0.717) is 52.4 Å². The number of carbonyl (C=O) groups excluding carboxylic acids is 1. The highest BCUT2D eigenvalue weighted by molar-refractivity contribution is 6.33. The summed E-state index contributed by atoms with van der Waals surface area (Å²) in [5, 5.41) is 38.3. The van der Waals surface area contributed by atoms with Crippen molar-refractivity contribution in [3.63, 3.8) is 0 Å². The second-order valence-electron chi connectivity index (χ2n) is 14.5. The van der Waals surface area contributed by atoms with Crippen LogP contribution in [0.2, 0.25) is 5.02 Å². The summed E-state index contributed by atoms with van der Waals surface area (Å²) in [5.74, 6) is 0.681. The molecule has 59 heavy (non-hydrogen) atoms. The number of carbonyl (C=O) groups is 2. The van der Waals surface area contributed by atoms with Crippen molar-refractivity contribution in [1.82, 2.24) is 15.2 Å². The first-order valence-electron chi connectivity index (χ1n) is 19.1. The Bertz CT molecular complexity index is 2310. The molecule has 2 bridgehead atoms. The fourth-order valence-corrected chi connectivity index (χ4v) is 8.29. The Labute approximate surface area is 344 Å². The Kier molecular flexibility index (Phi) is 14.9. The molecule has 0 spiro atoms.